The Morgan fingerprint density at radius 2 is 1.93 bits per heavy atom. The molecule has 2 atom stereocenters. The first-order chi connectivity index (χ1) is 12.9. The maximum atomic E-state index is 12.8. The van der Waals surface area contributed by atoms with E-state index in [-0.39, 0.29) is 29.4 Å². The monoisotopic (exact) mass is 367 g/mol. The summed E-state index contributed by atoms with van der Waals surface area (Å²) in [5.74, 6) is -0.645. The zero-order valence-corrected chi connectivity index (χ0v) is 15.3. The number of hydrogen-bond acceptors (Lipinski definition) is 5. The summed E-state index contributed by atoms with van der Waals surface area (Å²) in [4.78, 5) is 36.1. The maximum absolute atomic E-state index is 12.8. The van der Waals surface area contributed by atoms with Gasteiger partial charge in [-0.25, -0.2) is 0 Å². The van der Waals surface area contributed by atoms with Crippen molar-refractivity contribution in [3.05, 3.63) is 69.3 Å². The molecular formula is C21H21NO5. The van der Waals surface area contributed by atoms with Gasteiger partial charge in [0.2, 0.25) is 0 Å². The van der Waals surface area contributed by atoms with Crippen LogP contribution in [0.4, 0.5) is 5.69 Å². The van der Waals surface area contributed by atoms with Crippen LogP contribution >= 0.6 is 0 Å². The van der Waals surface area contributed by atoms with E-state index < -0.39 is 16.6 Å². The van der Waals surface area contributed by atoms with Crippen molar-refractivity contribution in [2.45, 2.75) is 32.1 Å². The molecule has 1 aliphatic rings. The van der Waals surface area contributed by atoms with Crippen LogP contribution in [0.5, 0.6) is 5.75 Å². The first-order valence-electron chi connectivity index (χ1n) is 8.86. The lowest BCUT2D eigenvalue weighted by molar-refractivity contribution is -0.385. The second-order valence-electron chi connectivity index (χ2n) is 6.92. The maximum Gasteiger partial charge on any atom is 0.280 e. The SMILES string of the molecule is COc1cc(C)cc([C@@H]2CCC(C(=O)c3ccccc3[N+](=O)[O-])C(=O)C2)c1. The van der Waals surface area contributed by atoms with Crippen LogP contribution < -0.4 is 4.74 Å². The van der Waals surface area contributed by atoms with Crippen molar-refractivity contribution < 1.29 is 19.2 Å². The predicted octanol–water partition coefficient (Wildman–Crippen LogP) is 4.25. The minimum Gasteiger partial charge on any atom is -0.497 e. The molecule has 2 aromatic rings. The van der Waals surface area contributed by atoms with Gasteiger partial charge in [0.05, 0.1) is 23.5 Å². The van der Waals surface area contributed by atoms with Gasteiger partial charge in [-0.3, -0.25) is 19.7 Å². The molecule has 140 valence electrons. The molecule has 6 nitrogen and oxygen atoms in total. The number of ketones is 2. The number of aryl methyl sites for hydroxylation is 1. The van der Waals surface area contributed by atoms with Gasteiger partial charge < -0.3 is 4.74 Å². The van der Waals surface area contributed by atoms with Crippen LogP contribution in [0.3, 0.4) is 0 Å². The molecule has 1 saturated carbocycles. The number of nitrogens with zero attached hydrogens (tertiary/aromatic N) is 1. The molecule has 1 aliphatic carbocycles. The topological polar surface area (TPSA) is 86.5 Å². The molecule has 0 saturated heterocycles. The minimum atomic E-state index is -0.811. The summed E-state index contributed by atoms with van der Waals surface area (Å²) in [5.41, 5.74) is 1.84. The van der Waals surface area contributed by atoms with E-state index in [0.717, 1.165) is 16.9 Å². The Bertz CT molecular complexity index is 905. The van der Waals surface area contributed by atoms with Gasteiger partial charge >= 0.3 is 0 Å². The second-order valence-corrected chi connectivity index (χ2v) is 6.92. The van der Waals surface area contributed by atoms with Gasteiger partial charge in [0.1, 0.15) is 11.5 Å². The minimum absolute atomic E-state index is 0.0107. The van der Waals surface area contributed by atoms with Gasteiger partial charge in [-0.1, -0.05) is 18.2 Å². The van der Waals surface area contributed by atoms with E-state index in [1.807, 2.05) is 25.1 Å². The van der Waals surface area contributed by atoms with Crippen molar-refractivity contribution in [2.75, 3.05) is 7.11 Å². The van der Waals surface area contributed by atoms with E-state index in [1.54, 1.807) is 13.2 Å². The Hall–Kier alpha value is -3.02. The lowest BCUT2D eigenvalue weighted by Crippen LogP contribution is -2.30. The molecule has 0 spiro atoms. The van der Waals surface area contributed by atoms with Gasteiger partial charge in [-0.15, -0.1) is 0 Å². The number of nitro benzene ring substituents is 1. The van der Waals surface area contributed by atoms with E-state index in [2.05, 4.69) is 0 Å². The Morgan fingerprint density at radius 1 is 1.19 bits per heavy atom. The second kappa shape index (κ2) is 7.70. The Labute approximate surface area is 157 Å². The first kappa shape index (κ1) is 18.8. The van der Waals surface area contributed by atoms with Crippen LogP contribution in [-0.4, -0.2) is 23.6 Å². The van der Waals surface area contributed by atoms with Gasteiger partial charge in [0.25, 0.3) is 5.69 Å². The number of Topliss-reactive ketones (excluding diaryl/α,β-unsaturated/α-hetero) is 2. The molecule has 0 bridgehead atoms. The number of para-hydroxylation sites is 1. The number of ether oxygens (including phenoxy) is 1. The number of carbonyl (C=O) groups is 2. The van der Waals surface area contributed by atoms with Crippen LogP contribution in [-0.2, 0) is 4.79 Å². The summed E-state index contributed by atoms with van der Waals surface area (Å²) < 4.78 is 5.30. The summed E-state index contributed by atoms with van der Waals surface area (Å²) in [6.45, 7) is 1.97. The lowest BCUT2D eigenvalue weighted by Gasteiger charge is -2.27. The Morgan fingerprint density at radius 3 is 2.59 bits per heavy atom. The zero-order valence-electron chi connectivity index (χ0n) is 15.3. The van der Waals surface area contributed by atoms with E-state index in [9.17, 15) is 19.7 Å². The van der Waals surface area contributed by atoms with Crippen molar-refractivity contribution in [3.8, 4) is 5.75 Å². The van der Waals surface area contributed by atoms with Crippen molar-refractivity contribution in [1.29, 1.82) is 0 Å². The average molecular weight is 367 g/mol. The Kier molecular flexibility index (Phi) is 5.35. The molecule has 3 rings (SSSR count). The van der Waals surface area contributed by atoms with Crippen molar-refractivity contribution in [3.63, 3.8) is 0 Å². The summed E-state index contributed by atoms with van der Waals surface area (Å²) in [5, 5.41) is 11.2. The lowest BCUT2D eigenvalue weighted by atomic mass is 9.75. The Balaban J connectivity index is 1.80. The number of rotatable bonds is 5. The highest BCUT2D eigenvalue weighted by atomic mass is 16.6. The third-order valence-corrected chi connectivity index (χ3v) is 5.10. The van der Waals surface area contributed by atoms with E-state index in [0.29, 0.717) is 12.8 Å². The van der Waals surface area contributed by atoms with Gasteiger partial charge in [0, 0.05) is 12.5 Å². The largest absolute Gasteiger partial charge is 0.497 e. The number of carbonyl (C=O) groups excluding carboxylic acids is 2. The third kappa shape index (κ3) is 3.89. The fourth-order valence-corrected chi connectivity index (χ4v) is 3.74. The number of methoxy groups -OCH3 is 1. The average Bonchev–Trinajstić information content (AvgIpc) is 2.66. The predicted molar refractivity (Wildman–Crippen MR) is 100 cm³/mol. The van der Waals surface area contributed by atoms with Gasteiger partial charge in [0.15, 0.2) is 5.78 Å². The smallest absolute Gasteiger partial charge is 0.280 e. The molecule has 6 heteroatoms. The molecule has 0 aliphatic heterocycles. The first-order valence-corrected chi connectivity index (χ1v) is 8.86. The van der Waals surface area contributed by atoms with Gasteiger partial charge in [-0.2, -0.15) is 0 Å². The molecule has 0 heterocycles. The summed E-state index contributed by atoms with van der Waals surface area (Å²) >= 11 is 0. The fraction of sp³-hybridized carbons (Fsp3) is 0.333. The van der Waals surface area contributed by atoms with Crippen LogP contribution in [0, 0.1) is 23.0 Å². The molecule has 0 amide bonds. The van der Waals surface area contributed by atoms with E-state index >= 15 is 0 Å². The fourth-order valence-electron chi connectivity index (χ4n) is 3.74. The van der Waals surface area contributed by atoms with Crippen LogP contribution in [0.2, 0.25) is 0 Å². The van der Waals surface area contributed by atoms with Crippen LogP contribution in [0.15, 0.2) is 42.5 Å². The molecule has 1 unspecified atom stereocenters. The standard InChI is InChI=1S/C21H21NO5/c1-13-9-15(11-16(10-13)27-2)14-7-8-18(20(23)12-14)21(24)17-5-3-4-6-19(17)22(25)26/h3-6,9-11,14,18H,7-8,12H2,1-2H3/t14-,18?/m1/s1. The highest BCUT2D eigenvalue weighted by molar-refractivity contribution is 6.12. The molecule has 0 aromatic heterocycles. The number of nitro groups is 1. The molecular weight excluding hydrogens is 346 g/mol. The van der Waals surface area contributed by atoms with E-state index in [1.165, 1.54) is 18.2 Å². The van der Waals surface area contributed by atoms with Crippen molar-refractivity contribution in [1.82, 2.24) is 0 Å². The summed E-state index contributed by atoms with van der Waals surface area (Å²) in [6.07, 6.45) is 1.32. The molecule has 0 radical (unpaired) electrons. The summed E-state index contributed by atoms with van der Waals surface area (Å²) in [7, 11) is 1.60. The quantitative estimate of drug-likeness (QED) is 0.341. The number of hydrogen-bond donors (Lipinski definition) is 0. The highest BCUT2D eigenvalue weighted by Crippen LogP contribution is 2.37. The highest BCUT2D eigenvalue weighted by Gasteiger charge is 2.36. The molecule has 0 N–H and O–H groups in total. The zero-order chi connectivity index (χ0) is 19.6. The van der Waals surface area contributed by atoms with Crippen molar-refractivity contribution >= 4 is 17.3 Å². The van der Waals surface area contributed by atoms with Crippen LogP contribution in [0.25, 0.3) is 0 Å². The normalized spacial score (nSPS) is 19.6. The van der Waals surface area contributed by atoms with Crippen LogP contribution in [0.1, 0.15) is 46.7 Å². The third-order valence-electron chi connectivity index (χ3n) is 5.10. The summed E-state index contributed by atoms with van der Waals surface area (Å²) in [6, 6.07) is 11.7. The number of benzene rings is 2. The molecule has 1 fully saturated rings. The molecule has 2 aromatic carbocycles. The van der Waals surface area contributed by atoms with E-state index in [4.69, 9.17) is 4.74 Å². The van der Waals surface area contributed by atoms with Gasteiger partial charge in [-0.05, 0) is 55.0 Å². The van der Waals surface area contributed by atoms with Crippen molar-refractivity contribution in [2.24, 2.45) is 5.92 Å². The molecule has 27 heavy (non-hydrogen) atoms.